The van der Waals surface area contributed by atoms with E-state index in [1.807, 2.05) is 36.4 Å². The van der Waals surface area contributed by atoms with Crippen molar-refractivity contribution >= 4 is 29.1 Å². The Labute approximate surface area is 170 Å². The van der Waals surface area contributed by atoms with Gasteiger partial charge in [-0.05, 0) is 67.7 Å². The summed E-state index contributed by atoms with van der Waals surface area (Å²) in [4.78, 5) is 26.7. The first-order valence-electron chi connectivity index (χ1n) is 9.81. The van der Waals surface area contributed by atoms with Gasteiger partial charge in [-0.15, -0.1) is 0 Å². The highest BCUT2D eigenvalue weighted by molar-refractivity contribution is 6.31. The van der Waals surface area contributed by atoms with Gasteiger partial charge in [-0.2, -0.15) is 0 Å². The van der Waals surface area contributed by atoms with Crippen LogP contribution in [0, 0.1) is 0 Å². The number of likely N-dealkylation sites (tertiary alicyclic amines) is 1. The molecule has 1 fully saturated rings. The molecule has 28 heavy (non-hydrogen) atoms. The van der Waals surface area contributed by atoms with E-state index in [0.717, 1.165) is 34.9 Å². The lowest BCUT2D eigenvalue weighted by atomic mass is 10.00. The van der Waals surface area contributed by atoms with Crippen molar-refractivity contribution in [3.05, 3.63) is 64.2 Å². The van der Waals surface area contributed by atoms with Crippen LogP contribution in [0.1, 0.15) is 46.8 Å². The number of aryl methyl sites for hydroxylation is 1. The highest BCUT2D eigenvalue weighted by atomic mass is 35.5. The van der Waals surface area contributed by atoms with Gasteiger partial charge in [0, 0.05) is 29.2 Å². The third kappa shape index (κ3) is 4.05. The molecule has 0 aromatic heterocycles. The summed E-state index contributed by atoms with van der Waals surface area (Å²) >= 11 is 6.45. The van der Waals surface area contributed by atoms with E-state index in [1.165, 1.54) is 12.8 Å². The molecule has 0 aliphatic carbocycles. The number of carbonyl (C=O) groups excluding carboxylic acids is 2. The lowest BCUT2D eigenvalue weighted by molar-refractivity contribution is -0.116. The number of hydrogen-bond donors (Lipinski definition) is 2. The van der Waals surface area contributed by atoms with Crippen molar-refractivity contribution in [1.82, 2.24) is 10.2 Å². The monoisotopic (exact) mass is 397 g/mol. The number of benzene rings is 2. The third-order valence-electron chi connectivity index (χ3n) is 5.56. The lowest BCUT2D eigenvalue weighted by Crippen LogP contribution is -2.37. The fourth-order valence-electron chi connectivity index (χ4n) is 4.05. The number of rotatable bonds is 5. The minimum absolute atomic E-state index is 0.0258. The topological polar surface area (TPSA) is 61.4 Å². The predicted octanol–water partition coefficient (Wildman–Crippen LogP) is 3.79. The molecule has 2 heterocycles. The van der Waals surface area contributed by atoms with Crippen molar-refractivity contribution in [2.75, 3.05) is 25.0 Å². The number of carbonyl (C=O) groups is 2. The Kier molecular flexibility index (Phi) is 5.64. The van der Waals surface area contributed by atoms with Crippen molar-refractivity contribution in [1.29, 1.82) is 0 Å². The molecule has 0 radical (unpaired) electrons. The summed E-state index contributed by atoms with van der Waals surface area (Å²) in [6.45, 7) is 2.55. The van der Waals surface area contributed by atoms with Crippen molar-refractivity contribution in [3.63, 3.8) is 0 Å². The van der Waals surface area contributed by atoms with E-state index in [0.29, 0.717) is 24.9 Å². The summed E-state index contributed by atoms with van der Waals surface area (Å²) in [6, 6.07) is 13.4. The lowest BCUT2D eigenvalue weighted by Gasteiger charge is -2.29. The Balaban J connectivity index is 1.49. The molecule has 2 aliphatic rings. The Bertz CT molecular complexity index is 893. The number of fused-ring (bicyclic) bond motifs is 1. The molecular formula is C22H24ClN3O2. The number of amides is 2. The van der Waals surface area contributed by atoms with Crippen molar-refractivity contribution < 1.29 is 9.59 Å². The standard InChI is InChI=1S/C22H24ClN3O2/c23-18-6-2-1-5-17(18)20(26-11-3-4-12-26)14-24-22(28)16-7-9-19-15(13-16)8-10-21(27)25-19/h1-2,5-7,9,13,20H,3-4,8,10-12,14H2,(H,24,28)(H,25,27). The van der Waals surface area contributed by atoms with Gasteiger partial charge in [0.1, 0.15) is 0 Å². The van der Waals surface area contributed by atoms with Crippen LogP contribution >= 0.6 is 11.6 Å². The molecule has 0 spiro atoms. The van der Waals surface area contributed by atoms with E-state index in [-0.39, 0.29) is 17.9 Å². The first-order valence-corrected chi connectivity index (χ1v) is 10.2. The molecule has 2 N–H and O–H groups in total. The second-order valence-corrected chi connectivity index (χ2v) is 7.82. The van der Waals surface area contributed by atoms with Crippen molar-refractivity contribution in [2.24, 2.45) is 0 Å². The molecule has 2 aliphatic heterocycles. The Hall–Kier alpha value is -2.37. The summed E-state index contributed by atoms with van der Waals surface area (Å²) in [5.74, 6) is -0.0751. The second kappa shape index (κ2) is 8.33. The molecule has 0 bridgehead atoms. The van der Waals surface area contributed by atoms with Gasteiger partial charge in [0.25, 0.3) is 5.91 Å². The van der Waals surface area contributed by atoms with Crippen LogP contribution in [0.2, 0.25) is 5.02 Å². The molecular weight excluding hydrogens is 374 g/mol. The Morgan fingerprint density at radius 2 is 1.93 bits per heavy atom. The van der Waals surface area contributed by atoms with Crippen LogP contribution < -0.4 is 10.6 Å². The maximum absolute atomic E-state index is 12.8. The largest absolute Gasteiger partial charge is 0.350 e. The zero-order chi connectivity index (χ0) is 19.5. The average molecular weight is 398 g/mol. The van der Waals surface area contributed by atoms with Crippen LogP contribution in [0.25, 0.3) is 0 Å². The van der Waals surface area contributed by atoms with Crippen LogP contribution in [0.15, 0.2) is 42.5 Å². The third-order valence-corrected chi connectivity index (χ3v) is 5.91. The van der Waals surface area contributed by atoms with Crippen LogP contribution in [-0.4, -0.2) is 36.3 Å². The van der Waals surface area contributed by atoms with E-state index in [4.69, 9.17) is 11.6 Å². The quantitative estimate of drug-likeness (QED) is 0.806. The maximum atomic E-state index is 12.8. The predicted molar refractivity (Wildman–Crippen MR) is 111 cm³/mol. The van der Waals surface area contributed by atoms with E-state index < -0.39 is 0 Å². The van der Waals surface area contributed by atoms with Gasteiger partial charge in [0.05, 0.1) is 6.04 Å². The van der Waals surface area contributed by atoms with Gasteiger partial charge in [-0.25, -0.2) is 0 Å². The average Bonchev–Trinajstić information content (AvgIpc) is 3.23. The fourth-order valence-corrected chi connectivity index (χ4v) is 4.31. The Morgan fingerprint density at radius 3 is 2.71 bits per heavy atom. The SMILES string of the molecule is O=C1CCc2cc(C(=O)NCC(c3ccccc3Cl)N3CCCC3)ccc2N1. The maximum Gasteiger partial charge on any atom is 0.251 e. The highest BCUT2D eigenvalue weighted by Gasteiger charge is 2.26. The van der Waals surface area contributed by atoms with Gasteiger partial charge in [0.2, 0.25) is 5.91 Å². The van der Waals surface area contributed by atoms with E-state index >= 15 is 0 Å². The fraction of sp³-hybridized carbons (Fsp3) is 0.364. The van der Waals surface area contributed by atoms with Crippen LogP contribution in [0.5, 0.6) is 0 Å². The minimum Gasteiger partial charge on any atom is -0.350 e. The summed E-state index contributed by atoms with van der Waals surface area (Å²) in [5, 5.41) is 6.67. The van der Waals surface area contributed by atoms with Gasteiger partial charge in [0.15, 0.2) is 0 Å². The molecule has 146 valence electrons. The van der Waals surface area contributed by atoms with Gasteiger partial charge < -0.3 is 10.6 Å². The van der Waals surface area contributed by atoms with Crippen LogP contribution in [0.4, 0.5) is 5.69 Å². The van der Waals surface area contributed by atoms with Crippen LogP contribution in [0.3, 0.4) is 0 Å². The smallest absolute Gasteiger partial charge is 0.251 e. The molecule has 2 amide bonds. The molecule has 6 heteroatoms. The van der Waals surface area contributed by atoms with Gasteiger partial charge >= 0.3 is 0 Å². The number of halogens is 1. The number of nitrogens with zero attached hydrogens (tertiary/aromatic N) is 1. The first-order chi connectivity index (χ1) is 13.6. The van der Waals surface area contributed by atoms with E-state index in [2.05, 4.69) is 15.5 Å². The summed E-state index contributed by atoms with van der Waals surface area (Å²) in [5.41, 5.74) is 3.49. The molecule has 2 aromatic rings. The normalized spacial score (nSPS) is 17.7. The molecule has 2 aromatic carbocycles. The molecule has 1 atom stereocenters. The summed E-state index contributed by atoms with van der Waals surface area (Å²) in [6.07, 6.45) is 3.47. The van der Waals surface area contributed by atoms with E-state index in [1.54, 1.807) is 6.07 Å². The van der Waals surface area contributed by atoms with Gasteiger partial charge in [-0.1, -0.05) is 29.8 Å². The Morgan fingerprint density at radius 1 is 1.14 bits per heavy atom. The molecule has 4 rings (SSSR count). The van der Waals surface area contributed by atoms with Gasteiger partial charge in [-0.3, -0.25) is 14.5 Å². The zero-order valence-electron chi connectivity index (χ0n) is 15.7. The minimum atomic E-state index is -0.101. The molecule has 1 unspecified atom stereocenters. The summed E-state index contributed by atoms with van der Waals surface area (Å²) in [7, 11) is 0. The zero-order valence-corrected chi connectivity index (χ0v) is 16.5. The van der Waals surface area contributed by atoms with Crippen molar-refractivity contribution in [2.45, 2.75) is 31.7 Å². The second-order valence-electron chi connectivity index (χ2n) is 7.41. The number of hydrogen-bond acceptors (Lipinski definition) is 3. The van der Waals surface area contributed by atoms with Crippen LogP contribution in [-0.2, 0) is 11.2 Å². The molecule has 5 nitrogen and oxygen atoms in total. The molecule has 0 saturated carbocycles. The number of anilines is 1. The first kappa shape index (κ1) is 19.0. The van der Waals surface area contributed by atoms with Crippen molar-refractivity contribution in [3.8, 4) is 0 Å². The molecule has 1 saturated heterocycles. The highest BCUT2D eigenvalue weighted by Crippen LogP contribution is 2.30. The summed E-state index contributed by atoms with van der Waals surface area (Å²) < 4.78 is 0. The van der Waals surface area contributed by atoms with E-state index in [9.17, 15) is 9.59 Å². The number of nitrogens with one attached hydrogen (secondary N) is 2.